The molecule has 0 aromatic carbocycles. The van der Waals surface area contributed by atoms with E-state index >= 15 is 0 Å². The van der Waals surface area contributed by atoms with E-state index in [1.54, 1.807) is 0 Å². The fourth-order valence-electron chi connectivity index (χ4n) is 0.974. The Morgan fingerprint density at radius 2 is 1.50 bits per heavy atom. The molecule has 10 heavy (non-hydrogen) atoms. The number of carbonyl (C=O) groups excluding carboxylic acids is 1. The Morgan fingerprint density at radius 3 is 1.90 bits per heavy atom. The van der Waals surface area contributed by atoms with Crippen LogP contribution in [0.15, 0.2) is 0 Å². The van der Waals surface area contributed by atoms with E-state index in [0.29, 0.717) is 12.8 Å². The van der Waals surface area contributed by atoms with E-state index < -0.39 is 10.8 Å². The molecule has 0 bridgehead atoms. The van der Waals surface area contributed by atoms with Crippen LogP contribution in [0, 0.1) is 0 Å². The zero-order valence-electron chi connectivity index (χ0n) is 5.19. The molecule has 1 saturated carbocycles. The van der Waals surface area contributed by atoms with E-state index in [4.69, 9.17) is 34.8 Å². The van der Waals surface area contributed by atoms with Crippen molar-refractivity contribution in [3.63, 3.8) is 0 Å². The topological polar surface area (TPSA) is 17.1 Å². The van der Waals surface area contributed by atoms with E-state index in [0.717, 1.165) is 0 Å². The van der Waals surface area contributed by atoms with E-state index in [-0.39, 0.29) is 11.2 Å². The van der Waals surface area contributed by atoms with Crippen molar-refractivity contribution < 1.29 is 4.79 Å². The summed E-state index contributed by atoms with van der Waals surface area (Å²) in [6.07, 6.45) is 1.09. The number of carbonyl (C=O) groups is 1. The van der Waals surface area contributed by atoms with E-state index in [9.17, 15) is 4.79 Å². The van der Waals surface area contributed by atoms with Crippen LogP contribution in [0.1, 0.15) is 12.8 Å². The molecule has 0 unspecified atom stereocenters. The van der Waals surface area contributed by atoms with Gasteiger partial charge in [0.2, 0.25) is 0 Å². The molecule has 0 radical (unpaired) electrons. The lowest BCUT2D eigenvalue weighted by Gasteiger charge is -2.23. The lowest BCUT2D eigenvalue weighted by atomic mass is 9.98. The maximum absolute atomic E-state index is 10.9. The average Bonchev–Trinajstić information content (AvgIpc) is 1.82. The first-order valence-electron chi connectivity index (χ1n) is 3.07. The molecule has 0 spiro atoms. The van der Waals surface area contributed by atoms with Crippen LogP contribution < -0.4 is 0 Å². The number of ketones is 1. The highest BCUT2D eigenvalue weighted by Gasteiger charge is 2.32. The molecule has 0 aliphatic heterocycles. The van der Waals surface area contributed by atoms with Gasteiger partial charge in [0.25, 0.3) is 0 Å². The third-order valence-corrected chi connectivity index (χ3v) is 2.69. The van der Waals surface area contributed by atoms with Gasteiger partial charge in [-0.2, -0.15) is 0 Å². The normalized spacial score (nSPS) is 41.9. The lowest BCUT2D eigenvalue weighted by molar-refractivity contribution is -0.119. The van der Waals surface area contributed by atoms with Crippen LogP contribution in [0.5, 0.6) is 0 Å². The Morgan fingerprint density at radius 1 is 1.10 bits per heavy atom. The minimum absolute atomic E-state index is 0.0392. The molecule has 0 saturated heterocycles. The second-order valence-electron chi connectivity index (χ2n) is 2.41. The van der Waals surface area contributed by atoms with Gasteiger partial charge in [-0.1, -0.05) is 0 Å². The van der Waals surface area contributed by atoms with Crippen molar-refractivity contribution in [2.24, 2.45) is 0 Å². The van der Waals surface area contributed by atoms with E-state index in [1.807, 2.05) is 0 Å². The number of hydrogen-bond acceptors (Lipinski definition) is 1. The van der Waals surface area contributed by atoms with Crippen molar-refractivity contribution in [2.45, 2.75) is 29.0 Å². The number of halogens is 3. The van der Waals surface area contributed by atoms with Crippen molar-refractivity contribution in [2.75, 3.05) is 0 Å². The number of alkyl halides is 3. The highest BCUT2D eigenvalue weighted by atomic mass is 35.5. The molecule has 0 aromatic rings. The van der Waals surface area contributed by atoms with Crippen LogP contribution in [0.25, 0.3) is 0 Å². The summed E-state index contributed by atoms with van der Waals surface area (Å²) < 4.78 is 0. The minimum atomic E-state index is -0.473. The Bertz CT molecular complexity index is 134. The molecule has 1 aliphatic carbocycles. The molecule has 0 N–H and O–H groups in total. The highest BCUT2D eigenvalue weighted by Crippen LogP contribution is 2.27. The van der Waals surface area contributed by atoms with Crippen molar-refractivity contribution in [3.8, 4) is 0 Å². The molecular formula is C6H7Cl3O. The quantitative estimate of drug-likeness (QED) is 0.549. The first-order valence-corrected chi connectivity index (χ1v) is 4.38. The maximum atomic E-state index is 10.9. The van der Waals surface area contributed by atoms with Gasteiger partial charge in [-0.15, -0.1) is 34.8 Å². The molecule has 0 amide bonds. The summed E-state index contributed by atoms with van der Waals surface area (Å²) in [7, 11) is 0. The highest BCUT2D eigenvalue weighted by molar-refractivity contribution is 6.41. The molecule has 58 valence electrons. The smallest absolute Gasteiger partial charge is 0.168 e. The molecule has 1 nitrogen and oxygen atoms in total. The molecule has 0 heterocycles. The number of hydrogen-bond donors (Lipinski definition) is 0. The van der Waals surface area contributed by atoms with Gasteiger partial charge in [0.1, 0.15) is 0 Å². The predicted molar refractivity (Wildman–Crippen MR) is 43.2 cm³/mol. The zero-order chi connectivity index (χ0) is 7.72. The van der Waals surface area contributed by atoms with Gasteiger partial charge in [0, 0.05) is 5.38 Å². The molecular weight excluding hydrogens is 194 g/mol. The Kier molecular flexibility index (Phi) is 2.84. The first-order chi connectivity index (χ1) is 4.61. The van der Waals surface area contributed by atoms with Crippen molar-refractivity contribution in [1.29, 1.82) is 0 Å². The first kappa shape index (κ1) is 8.63. The third kappa shape index (κ3) is 1.77. The third-order valence-electron chi connectivity index (χ3n) is 1.54. The Hall–Kier alpha value is 0.540. The van der Waals surface area contributed by atoms with Crippen LogP contribution in [-0.4, -0.2) is 21.9 Å². The summed E-state index contributed by atoms with van der Waals surface area (Å²) in [6, 6.07) is 0. The van der Waals surface area contributed by atoms with Gasteiger partial charge in [-0.3, -0.25) is 4.79 Å². The monoisotopic (exact) mass is 200 g/mol. The molecule has 1 aliphatic rings. The largest absolute Gasteiger partial charge is 0.296 e. The summed E-state index contributed by atoms with van der Waals surface area (Å²) in [6.45, 7) is 0. The van der Waals surface area contributed by atoms with Crippen LogP contribution in [-0.2, 0) is 4.79 Å². The van der Waals surface area contributed by atoms with Gasteiger partial charge >= 0.3 is 0 Å². The summed E-state index contributed by atoms with van der Waals surface area (Å²) in [5.41, 5.74) is 0. The molecule has 4 heteroatoms. The van der Waals surface area contributed by atoms with Crippen molar-refractivity contribution in [3.05, 3.63) is 0 Å². The number of rotatable bonds is 0. The summed E-state index contributed by atoms with van der Waals surface area (Å²) in [5, 5.41) is -0.986. The maximum Gasteiger partial charge on any atom is 0.168 e. The van der Waals surface area contributed by atoms with Gasteiger partial charge in [-0.05, 0) is 12.8 Å². The minimum Gasteiger partial charge on any atom is -0.296 e. The van der Waals surface area contributed by atoms with E-state index in [1.165, 1.54) is 0 Å². The second kappa shape index (κ2) is 3.29. The SMILES string of the molecule is O=C1[C@H](Cl)CC(Cl)C[C@H]1Cl. The summed E-state index contributed by atoms with van der Waals surface area (Å²) >= 11 is 17.0. The molecule has 1 rings (SSSR count). The van der Waals surface area contributed by atoms with Crippen LogP contribution in [0.3, 0.4) is 0 Å². The molecule has 1 fully saturated rings. The predicted octanol–water partition coefficient (Wildman–Crippen LogP) is 2.17. The van der Waals surface area contributed by atoms with Gasteiger partial charge < -0.3 is 0 Å². The average molecular weight is 201 g/mol. The van der Waals surface area contributed by atoms with Gasteiger partial charge in [0.05, 0.1) is 10.8 Å². The molecule has 0 aromatic heterocycles. The van der Waals surface area contributed by atoms with Gasteiger partial charge in [-0.25, -0.2) is 0 Å². The summed E-state index contributed by atoms with van der Waals surface area (Å²) in [4.78, 5) is 10.9. The zero-order valence-corrected chi connectivity index (χ0v) is 7.46. The van der Waals surface area contributed by atoms with Crippen molar-refractivity contribution >= 4 is 40.6 Å². The number of Topliss-reactive ketones (excluding diaryl/α,β-unsaturated/α-hetero) is 1. The second-order valence-corrected chi connectivity index (χ2v) is 4.08. The van der Waals surface area contributed by atoms with E-state index in [2.05, 4.69) is 0 Å². The van der Waals surface area contributed by atoms with Crippen LogP contribution >= 0.6 is 34.8 Å². The van der Waals surface area contributed by atoms with Crippen molar-refractivity contribution in [1.82, 2.24) is 0 Å². The molecule has 2 atom stereocenters. The lowest BCUT2D eigenvalue weighted by Crippen LogP contribution is -2.34. The fraction of sp³-hybridized carbons (Fsp3) is 0.833. The Labute approximate surface area is 74.6 Å². The Balaban J connectivity index is 2.57. The standard InChI is InChI=1S/C6H7Cl3O/c7-3-1-4(8)6(10)5(9)2-3/h3-5H,1-2H2/t4-,5-/m1/s1. The summed E-state index contributed by atoms with van der Waals surface area (Å²) in [5.74, 6) is -0.0831. The fourth-order valence-corrected chi connectivity index (χ4v) is 2.31. The van der Waals surface area contributed by atoms with Crippen LogP contribution in [0.2, 0.25) is 0 Å². The van der Waals surface area contributed by atoms with Gasteiger partial charge in [0.15, 0.2) is 5.78 Å². The van der Waals surface area contributed by atoms with Crippen LogP contribution in [0.4, 0.5) is 0 Å².